The molecule has 0 spiro atoms. The highest BCUT2D eigenvalue weighted by Crippen LogP contribution is 2.16. The molecule has 0 atom stereocenters. The molecule has 0 aromatic rings. The van der Waals surface area contributed by atoms with Crippen molar-refractivity contribution in [1.29, 1.82) is 0 Å². The smallest absolute Gasteiger partial charge is 0.0594 e. The average Bonchev–Trinajstić information content (AvgIpc) is 2.60. The van der Waals surface area contributed by atoms with Crippen LogP contribution in [0.1, 0.15) is 0 Å². The lowest BCUT2D eigenvalue weighted by Gasteiger charge is -2.19. The Hall–Kier alpha value is 0.190. The SMILES string of the molecule is C1CN(SN2CCNC2)CN1. The Labute approximate surface area is 71.6 Å². The lowest BCUT2D eigenvalue weighted by molar-refractivity contribution is 0.502. The van der Waals surface area contributed by atoms with Crippen molar-refractivity contribution in [3.05, 3.63) is 0 Å². The maximum Gasteiger partial charge on any atom is 0.0594 e. The standard InChI is InChI=1S/C6H14N4S/c1-3-9(5-7-1)11-10-4-2-8-6-10/h7-8H,1-6H2. The van der Waals surface area contributed by atoms with E-state index in [0.29, 0.717) is 0 Å². The van der Waals surface area contributed by atoms with Crippen molar-refractivity contribution in [2.75, 3.05) is 39.5 Å². The van der Waals surface area contributed by atoms with Crippen LogP contribution in [0, 0.1) is 0 Å². The van der Waals surface area contributed by atoms with Gasteiger partial charge >= 0.3 is 0 Å². The summed E-state index contributed by atoms with van der Waals surface area (Å²) >= 11 is 1.86. The highest BCUT2D eigenvalue weighted by molar-refractivity contribution is 7.94. The summed E-state index contributed by atoms with van der Waals surface area (Å²) in [5.41, 5.74) is 0. The van der Waals surface area contributed by atoms with Gasteiger partial charge in [0.2, 0.25) is 0 Å². The Morgan fingerprint density at radius 3 is 1.82 bits per heavy atom. The first-order valence-electron chi connectivity index (χ1n) is 4.04. The van der Waals surface area contributed by atoms with Crippen molar-refractivity contribution >= 4 is 12.1 Å². The van der Waals surface area contributed by atoms with Crippen molar-refractivity contribution in [2.24, 2.45) is 0 Å². The summed E-state index contributed by atoms with van der Waals surface area (Å²) in [7, 11) is 0. The fourth-order valence-corrected chi connectivity index (χ4v) is 2.25. The van der Waals surface area contributed by atoms with Crippen LogP contribution in [0.5, 0.6) is 0 Å². The lowest BCUT2D eigenvalue weighted by atomic mass is 10.7. The molecule has 2 rings (SSSR count). The third kappa shape index (κ3) is 2.07. The molecule has 0 radical (unpaired) electrons. The van der Waals surface area contributed by atoms with Crippen LogP contribution in [0.2, 0.25) is 0 Å². The van der Waals surface area contributed by atoms with Gasteiger partial charge in [0, 0.05) is 38.3 Å². The van der Waals surface area contributed by atoms with Crippen LogP contribution in [0.15, 0.2) is 0 Å². The fourth-order valence-electron chi connectivity index (χ4n) is 1.28. The van der Waals surface area contributed by atoms with E-state index in [2.05, 4.69) is 19.2 Å². The number of nitrogens with one attached hydrogen (secondary N) is 2. The Morgan fingerprint density at radius 2 is 1.45 bits per heavy atom. The third-order valence-corrected chi connectivity index (χ3v) is 2.97. The summed E-state index contributed by atoms with van der Waals surface area (Å²) in [4.78, 5) is 0. The van der Waals surface area contributed by atoms with E-state index >= 15 is 0 Å². The van der Waals surface area contributed by atoms with Crippen molar-refractivity contribution in [2.45, 2.75) is 0 Å². The summed E-state index contributed by atoms with van der Waals surface area (Å²) in [6.07, 6.45) is 0. The van der Waals surface area contributed by atoms with Gasteiger partial charge in [-0.05, 0) is 0 Å². The van der Waals surface area contributed by atoms with Crippen LogP contribution in [0.25, 0.3) is 0 Å². The molecular weight excluding hydrogens is 160 g/mol. The summed E-state index contributed by atoms with van der Waals surface area (Å²) in [5, 5.41) is 6.61. The van der Waals surface area contributed by atoms with E-state index in [9.17, 15) is 0 Å². The summed E-state index contributed by atoms with van der Waals surface area (Å²) in [5.74, 6) is 0. The number of hydrogen-bond acceptors (Lipinski definition) is 5. The van der Waals surface area contributed by atoms with Crippen molar-refractivity contribution in [3.63, 3.8) is 0 Å². The first-order valence-corrected chi connectivity index (χ1v) is 4.77. The van der Waals surface area contributed by atoms with Crippen LogP contribution < -0.4 is 10.6 Å². The normalized spacial score (nSPS) is 28.4. The molecule has 2 heterocycles. The second-order valence-electron chi connectivity index (χ2n) is 2.81. The molecule has 64 valence electrons. The first kappa shape index (κ1) is 7.82. The maximum absolute atomic E-state index is 3.30. The van der Waals surface area contributed by atoms with Gasteiger partial charge in [0.15, 0.2) is 0 Å². The fraction of sp³-hybridized carbons (Fsp3) is 1.00. The molecule has 0 amide bonds. The van der Waals surface area contributed by atoms with Crippen molar-refractivity contribution < 1.29 is 0 Å². The molecule has 0 saturated carbocycles. The molecule has 2 aliphatic rings. The van der Waals surface area contributed by atoms with Gasteiger partial charge in [-0.25, -0.2) is 8.61 Å². The summed E-state index contributed by atoms with van der Waals surface area (Å²) < 4.78 is 4.71. The molecule has 4 nitrogen and oxygen atoms in total. The maximum atomic E-state index is 3.30. The van der Waals surface area contributed by atoms with E-state index in [1.807, 2.05) is 12.1 Å². The predicted molar refractivity (Wildman–Crippen MR) is 46.7 cm³/mol. The zero-order valence-corrected chi connectivity index (χ0v) is 7.36. The molecule has 2 aliphatic heterocycles. The molecule has 0 aliphatic carbocycles. The Morgan fingerprint density at radius 1 is 0.909 bits per heavy atom. The first-order chi connectivity index (χ1) is 5.45. The molecule has 2 N–H and O–H groups in total. The van der Waals surface area contributed by atoms with Crippen LogP contribution in [-0.2, 0) is 0 Å². The monoisotopic (exact) mass is 174 g/mol. The Bertz CT molecular complexity index is 106. The van der Waals surface area contributed by atoms with E-state index in [-0.39, 0.29) is 0 Å². The molecule has 0 bridgehead atoms. The van der Waals surface area contributed by atoms with Gasteiger partial charge in [-0.15, -0.1) is 0 Å². The molecule has 5 heteroatoms. The van der Waals surface area contributed by atoms with E-state index in [1.54, 1.807) is 0 Å². The van der Waals surface area contributed by atoms with E-state index in [1.165, 1.54) is 13.1 Å². The minimum Gasteiger partial charge on any atom is -0.302 e. The van der Waals surface area contributed by atoms with Gasteiger partial charge in [-0.3, -0.25) is 0 Å². The Kier molecular flexibility index (Phi) is 2.65. The van der Waals surface area contributed by atoms with Crippen molar-refractivity contribution in [3.8, 4) is 0 Å². The van der Waals surface area contributed by atoms with Gasteiger partial charge in [0.1, 0.15) is 0 Å². The van der Waals surface area contributed by atoms with Crippen LogP contribution in [0.3, 0.4) is 0 Å². The number of nitrogens with zero attached hydrogens (tertiary/aromatic N) is 2. The third-order valence-electron chi connectivity index (χ3n) is 1.88. The average molecular weight is 174 g/mol. The zero-order chi connectivity index (χ0) is 7.52. The highest BCUT2D eigenvalue weighted by Gasteiger charge is 2.18. The van der Waals surface area contributed by atoms with Crippen LogP contribution in [0.4, 0.5) is 0 Å². The molecule has 2 fully saturated rings. The molecule has 0 unspecified atom stereocenters. The molecule has 11 heavy (non-hydrogen) atoms. The molecule has 2 saturated heterocycles. The number of hydrogen-bond donors (Lipinski definition) is 2. The van der Waals surface area contributed by atoms with E-state index in [4.69, 9.17) is 0 Å². The second-order valence-corrected chi connectivity index (χ2v) is 4.00. The van der Waals surface area contributed by atoms with Crippen molar-refractivity contribution in [1.82, 2.24) is 19.2 Å². The van der Waals surface area contributed by atoms with Gasteiger partial charge in [0.25, 0.3) is 0 Å². The quantitative estimate of drug-likeness (QED) is 0.539. The summed E-state index contributed by atoms with van der Waals surface area (Å²) in [6, 6.07) is 0. The minimum absolute atomic E-state index is 1.03. The van der Waals surface area contributed by atoms with Gasteiger partial charge < -0.3 is 10.6 Å². The molecule has 0 aromatic heterocycles. The van der Waals surface area contributed by atoms with E-state index < -0.39 is 0 Å². The van der Waals surface area contributed by atoms with Gasteiger partial charge in [-0.1, -0.05) is 0 Å². The van der Waals surface area contributed by atoms with Crippen LogP contribution in [-0.4, -0.2) is 48.1 Å². The topological polar surface area (TPSA) is 30.5 Å². The zero-order valence-electron chi connectivity index (χ0n) is 6.55. The Balaban J connectivity index is 1.71. The van der Waals surface area contributed by atoms with E-state index in [0.717, 1.165) is 26.4 Å². The minimum atomic E-state index is 1.03. The molecule has 0 aromatic carbocycles. The second kappa shape index (κ2) is 3.73. The molecular formula is C6H14N4S. The van der Waals surface area contributed by atoms with Crippen LogP contribution >= 0.6 is 12.1 Å². The summed E-state index contributed by atoms with van der Waals surface area (Å²) in [6.45, 7) is 6.66. The predicted octanol–water partition coefficient (Wildman–Crippen LogP) is -0.725. The highest BCUT2D eigenvalue weighted by atomic mass is 32.2. The largest absolute Gasteiger partial charge is 0.302 e. The lowest BCUT2D eigenvalue weighted by Crippen LogP contribution is -2.23. The number of rotatable bonds is 2. The van der Waals surface area contributed by atoms with Gasteiger partial charge in [-0.2, -0.15) is 0 Å². The van der Waals surface area contributed by atoms with Gasteiger partial charge in [0.05, 0.1) is 13.3 Å².